The number of aliphatic hydroxyl groups excluding tert-OH is 1. The van der Waals surface area contributed by atoms with Crippen molar-refractivity contribution < 1.29 is 5.11 Å². The molecule has 4 nitrogen and oxygen atoms in total. The van der Waals surface area contributed by atoms with E-state index in [-0.39, 0.29) is 12.6 Å². The van der Waals surface area contributed by atoms with E-state index >= 15 is 0 Å². The van der Waals surface area contributed by atoms with E-state index in [1.807, 2.05) is 31.3 Å². The molecule has 0 fully saturated rings. The number of aromatic nitrogens is 1. The van der Waals surface area contributed by atoms with Crippen LogP contribution in [0.4, 0.5) is 5.69 Å². The van der Waals surface area contributed by atoms with Crippen molar-refractivity contribution in [1.29, 1.82) is 0 Å². The van der Waals surface area contributed by atoms with Crippen molar-refractivity contribution in [2.24, 2.45) is 0 Å². The summed E-state index contributed by atoms with van der Waals surface area (Å²) in [7, 11) is 0. The summed E-state index contributed by atoms with van der Waals surface area (Å²) in [5, 5.41) is 18.2. The maximum atomic E-state index is 9.81. The number of hydrogen-bond acceptors (Lipinski definition) is 4. The van der Waals surface area contributed by atoms with Crippen LogP contribution in [0.3, 0.4) is 0 Å². The van der Waals surface area contributed by atoms with Gasteiger partial charge in [0.15, 0.2) is 5.11 Å². The van der Waals surface area contributed by atoms with Crippen molar-refractivity contribution in [1.82, 2.24) is 9.88 Å². The molecule has 0 spiro atoms. The summed E-state index contributed by atoms with van der Waals surface area (Å²) in [6, 6.07) is 10.3. The van der Waals surface area contributed by atoms with Gasteiger partial charge in [0, 0.05) is 33.2 Å². The summed E-state index contributed by atoms with van der Waals surface area (Å²) < 4.78 is 0. The van der Waals surface area contributed by atoms with Crippen LogP contribution in [-0.4, -0.2) is 32.8 Å². The van der Waals surface area contributed by atoms with Crippen LogP contribution in [-0.2, 0) is 13.0 Å². The van der Waals surface area contributed by atoms with Gasteiger partial charge in [0.05, 0.1) is 19.2 Å². The molecular weight excluding hydrogens is 350 g/mol. The number of fused-ring (bicyclic) bond motifs is 2. The molecule has 6 heteroatoms. The minimum Gasteiger partial charge on any atom is -0.394 e. The molecule has 0 saturated carbocycles. The molecule has 4 rings (SSSR count). The van der Waals surface area contributed by atoms with Gasteiger partial charge in [-0.3, -0.25) is 4.98 Å². The van der Waals surface area contributed by atoms with Crippen LogP contribution in [0.25, 0.3) is 10.8 Å². The minimum absolute atomic E-state index is 0.0143. The number of pyridine rings is 1. The van der Waals surface area contributed by atoms with Gasteiger partial charge in [-0.25, -0.2) is 0 Å². The zero-order chi connectivity index (χ0) is 17.4. The first kappa shape index (κ1) is 16.4. The predicted octanol–water partition coefficient (Wildman–Crippen LogP) is 3.72. The summed E-state index contributed by atoms with van der Waals surface area (Å²) >= 11 is 7.44. The van der Waals surface area contributed by atoms with Crippen LogP contribution < -0.4 is 5.32 Å². The second-order valence-corrected chi connectivity index (χ2v) is 7.71. The Morgan fingerprint density at radius 1 is 1.44 bits per heavy atom. The van der Waals surface area contributed by atoms with Crippen molar-refractivity contribution in [2.75, 3.05) is 11.9 Å². The van der Waals surface area contributed by atoms with Crippen LogP contribution in [0, 0.1) is 6.92 Å². The van der Waals surface area contributed by atoms with Crippen LogP contribution in [0.5, 0.6) is 0 Å². The molecule has 0 aliphatic carbocycles. The number of rotatable bonds is 2. The second-order valence-electron chi connectivity index (χ2n) is 6.32. The Balaban J connectivity index is 1.63. The number of thiocarbonyl (C=S) groups is 1. The normalized spacial score (nSPS) is 16.7. The van der Waals surface area contributed by atoms with Gasteiger partial charge >= 0.3 is 0 Å². The van der Waals surface area contributed by atoms with E-state index in [9.17, 15) is 5.11 Å². The molecule has 0 amide bonds. The lowest BCUT2D eigenvalue weighted by Crippen LogP contribution is -2.47. The SMILES string of the molecule is Cc1cc2c(NC(=S)N3Cc4sccc4C[C@H]3CO)cccc2cn1. The van der Waals surface area contributed by atoms with Gasteiger partial charge < -0.3 is 15.3 Å². The van der Waals surface area contributed by atoms with Gasteiger partial charge in [-0.15, -0.1) is 11.3 Å². The largest absolute Gasteiger partial charge is 0.394 e. The van der Waals surface area contributed by atoms with Gasteiger partial charge in [0.25, 0.3) is 0 Å². The number of aryl methyl sites for hydroxylation is 1. The average Bonchev–Trinajstić information content (AvgIpc) is 3.08. The number of benzene rings is 1. The van der Waals surface area contributed by atoms with Gasteiger partial charge in [0.2, 0.25) is 0 Å². The van der Waals surface area contributed by atoms with Crippen molar-refractivity contribution in [2.45, 2.75) is 25.9 Å². The lowest BCUT2D eigenvalue weighted by molar-refractivity contribution is 0.169. The summed E-state index contributed by atoms with van der Waals surface area (Å²) in [5.41, 5.74) is 3.28. The topological polar surface area (TPSA) is 48.4 Å². The highest BCUT2D eigenvalue weighted by Crippen LogP contribution is 2.29. The quantitative estimate of drug-likeness (QED) is 0.674. The highest BCUT2D eigenvalue weighted by atomic mass is 32.1. The van der Waals surface area contributed by atoms with E-state index < -0.39 is 0 Å². The molecule has 1 atom stereocenters. The highest BCUT2D eigenvalue weighted by Gasteiger charge is 2.28. The van der Waals surface area contributed by atoms with Crippen LogP contribution in [0.2, 0.25) is 0 Å². The number of nitrogens with zero attached hydrogens (tertiary/aromatic N) is 2. The number of thiophene rings is 1. The molecule has 0 bridgehead atoms. The van der Waals surface area contributed by atoms with Crippen molar-refractivity contribution in [3.63, 3.8) is 0 Å². The van der Waals surface area contributed by atoms with Gasteiger partial charge in [0.1, 0.15) is 0 Å². The van der Waals surface area contributed by atoms with E-state index in [0.29, 0.717) is 5.11 Å². The first-order chi connectivity index (χ1) is 12.2. The Kier molecular flexibility index (Phi) is 4.41. The van der Waals surface area contributed by atoms with E-state index in [0.717, 1.165) is 35.1 Å². The Labute approximate surface area is 156 Å². The van der Waals surface area contributed by atoms with Gasteiger partial charge in [-0.05, 0) is 54.7 Å². The molecule has 128 valence electrons. The Morgan fingerprint density at radius 2 is 2.32 bits per heavy atom. The molecular formula is C19H19N3OS2. The summed E-state index contributed by atoms with van der Waals surface area (Å²) in [6.07, 6.45) is 2.71. The fourth-order valence-electron chi connectivity index (χ4n) is 3.31. The van der Waals surface area contributed by atoms with E-state index in [4.69, 9.17) is 12.2 Å². The smallest absolute Gasteiger partial charge is 0.174 e. The van der Waals surface area contributed by atoms with Crippen LogP contribution >= 0.6 is 23.6 Å². The lowest BCUT2D eigenvalue weighted by atomic mass is 10.0. The third-order valence-corrected chi connectivity index (χ3v) is 5.95. The Morgan fingerprint density at radius 3 is 3.16 bits per heavy atom. The molecule has 0 saturated heterocycles. The van der Waals surface area contributed by atoms with Crippen LogP contribution in [0.1, 0.15) is 16.1 Å². The molecule has 1 aromatic carbocycles. The highest BCUT2D eigenvalue weighted by molar-refractivity contribution is 7.80. The zero-order valence-electron chi connectivity index (χ0n) is 13.9. The third kappa shape index (κ3) is 3.13. The average molecular weight is 370 g/mol. The molecule has 1 aliphatic heterocycles. The summed E-state index contributed by atoms with van der Waals surface area (Å²) in [5.74, 6) is 0. The van der Waals surface area contributed by atoms with E-state index in [1.54, 1.807) is 11.3 Å². The molecule has 2 aromatic heterocycles. The number of aliphatic hydroxyl groups is 1. The molecule has 0 unspecified atom stereocenters. The maximum Gasteiger partial charge on any atom is 0.174 e. The van der Waals surface area contributed by atoms with E-state index in [1.165, 1.54) is 10.4 Å². The number of nitrogens with one attached hydrogen (secondary N) is 1. The monoisotopic (exact) mass is 369 g/mol. The Bertz CT molecular complexity index is 937. The van der Waals surface area contributed by atoms with Gasteiger partial charge in [-0.2, -0.15) is 0 Å². The second kappa shape index (κ2) is 6.71. The molecule has 3 aromatic rings. The number of hydrogen-bond donors (Lipinski definition) is 2. The summed E-state index contributed by atoms with van der Waals surface area (Å²) in [4.78, 5) is 7.78. The predicted molar refractivity (Wildman–Crippen MR) is 107 cm³/mol. The first-order valence-electron chi connectivity index (χ1n) is 8.25. The van der Waals surface area contributed by atoms with Crippen molar-refractivity contribution in [3.05, 3.63) is 58.0 Å². The fraction of sp³-hybridized carbons (Fsp3) is 0.263. The van der Waals surface area contributed by atoms with E-state index in [2.05, 4.69) is 32.7 Å². The molecule has 2 N–H and O–H groups in total. The van der Waals surface area contributed by atoms with Gasteiger partial charge in [-0.1, -0.05) is 12.1 Å². The Hall–Kier alpha value is -2.02. The molecule has 25 heavy (non-hydrogen) atoms. The lowest BCUT2D eigenvalue weighted by Gasteiger charge is -2.36. The molecule has 1 aliphatic rings. The first-order valence-corrected chi connectivity index (χ1v) is 9.53. The molecule has 0 radical (unpaired) electrons. The zero-order valence-corrected chi connectivity index (χ0v) is 15.5. The van der Waals surface area contributed by atoms with Crippen molar-refractivity contribution in [3.8, 4) is 0 Å². The minimum atomic E-state index is 0.0143. The molecule has 3 heterocycles. The standard InChI is InChI=1S/C19H19N3OS2/c1-12-7-16-14(9-20-12)3-2-4-17(16)21-19(24)22-10-18-13(5-6-25-18)8-15(22)11-23/h2-7,9,15,23H,8,10-11H2,1H3,(H,21,24)/t15-/m0/s1. The summed E-state index contributed by atoms with van der Waals surface area (Å²) in [6.45, 7) is 2.82. The van der Waals surface area contributed by atoms with Crippen molar-refractivity contribution >= 4 is 45.1 Å². The number of anilines is 1. The third-order valence-electron chi connectivity index (χ3n) is 4.66. The maximum absolute atomic E-state index is 9.81. The fourth-order valence-corrected chi connectivity index (χ4v) is 4.54. The van der Waals surface area contributed by atoms with Crippen LogP contribution in [0.15, 0.2) is 41.9 Å².